The van der Waals surface area contributed by atoms with Gasteiger partial charge in [-0.3, -0.25) is 5.43 Å². The van der Waals surface area contributed by atoms with Crippen molar-refractivity contribution in [3.63, 3.8) is 0 Å². The largest absolute Gasteiger partial charge is 0.378 e. The van der Waals surface area contributed by atoms with E-state index >= 15 is 0 Å². The van der Waals surface area contributed by atoms with E-state index in [1.165, 1.54) is 5.69 Å². The lowest BCUT2D eigenvalue weighted by molar-refractivity contribution is 1.13. The Kier molecular flexibility index (Phi) is 4.58. The Hall–Kier alpha value is -3.60. The topological polar surface area (TPSA) is 56.3 Å². The van der Waals surface area contributed by atoms with Crippen LogP contribution in [0.25, 0.3) is 22.4 Å². The third-order valence-electron chi connectivity index (χ3n) is 4.36. The molecule has 2 N–H and O–H groups in total. The minimum atomic E-state index is 0.868. The van der Waals surface area contributed by atoms with E-state index in [-0.39, 0.29) is 0 Å². The fourth-order valence-corrected chi connectivity index (χ4v) is 2.83. The van der Waals surface area contributed by atoms with Crippen LogP contribution >= 0.6 is 0 Å². The molecule has 5 nitrogen and oxygen atoms in total. The van der Waals surface area contributed by atoms with Gasteiger partial charge in [-0.05, 0) is 54.1 Å². The number of H-pyrrole nitrogens is 1. The number of nitrogens with one attached hydrogen (secondary N) is 2. The molecule has 0 bridgehead atoms. The summed E-state index contributed by atoms with van der Waals surface area (Å²) in [5.41, 5.74) is 9.26. The molecule has 4 rings (SSSR count). The molecule has 4 aromatic rings. The summed E-state index contributed by atoms with van der Waals surface area (Å²) in [5.74, 6) is 0.868. The second kappa shape index (κ2) is 7.33. The van der Waals surface area contributed by atoms with Crippen molar-refractivity contribution in [2.24, 2.45) is 5.10 Å². The molecule has 0 atom stereocenters. The van der Waals surface area contributed by atoms with Crippen LogP contribution in [0, 0.1) is 0 Å². The van der Waals surface area contributed by atoms with Crippen molar-refractivity contribution in [2.75, 3.05) is 24.4 Å². The van der Waals surface area contributed by atoms with Gasteiger partial charge in [0.25, 0.3) is 0 Å². The highest BCUT2D eigenvalue weighted by Crippen LogP contribution is 2.22. The third-order valence-corrected chi connectivity index (χ3v) is 4.36. The van der Waals surface area contributed by atoms with Crippen LogP contribution in [-0.2, 0) is 0 Å². The molecule has 0 fully saturated rings. The van der Waals surface area contributed by atoms with Crippen LogP contribution in [0.15, 0.2) is 77.9 Å². The average molecular weight is 355 g/mol. The summed E-state index contributed by atoms with van der Waals surface area (Å²) < 4.78 is 0. The SMILES string of the molecule is CN(C)c1ccc(/C=N/Nc2ccc(-c3nc4ccccc4[nH]3)cc2)cc1. The van der Waals surface area contributed by atoms with E-state index in [4.69, 9.17) is 0 Å². The van der Waals surface area contributed by atoms with Crippen LogP contribution in [0.5, 0.6) is 0 Å². The van der Waals surface area contributed by atoms with E-state index in [1.807, 2.05) is 81.0 Å². The van der Waals surface area contributed by atoms with Gasteiger partial charge >= 0.3 is 0 Å². The molecule has 27 heavy (non-hydrogen) atoms. The van der Waals surface area contributed by atoms with E-state index in [0.29, 0.717) is 0 Å². The van der Waals surface area contributed by atoms with Gasteiger partial charge in [-0.2, -0.15) is 5.10 Å². The lowest BCUT2D eigenvalue weighted by Crippen LogP contribution is -2.08. The molecule has 3 aromatic carbocycles. The first kappa shape index (κ1) is 16.8. The molecular formula is C22H21N5. The normalized spacial score (nSPS) is 11.2. The van der Waals surface area contributed by atoms with Crippen molar-refractivity contribution in [2.45, 2.75) is 0 Å². The number of hydrazone groups is 1. The Bertz CT molecular complexity index is 1030. The maximum absolute atomic E-state index is 4.62. The van der Waals surface area contributed by atoms with Gasteiger partial charge in [-0.25, -0.2) is 4.98 Å². The van der Waals surface area contributed by atoms with Crippen LogP contribution in [0.1, 0.15) is 5.56 Å². The minimum Gasteiger partial charge on any atom is -0.378 e. The van der Waals surface area contributed by atoms with Crippen molar-refractivity contribution in [3.8, 4) is 11.4 Å². The minimum absolute atomic E-state index is 0.868. The van der Waals surface area contributed by atoms with E-state index in [0.717, 1.165) is 33.7 Å². The lowest BCUT2D eigenvalue weighted by atomic mass is 10.2. The predicted molar refractivity (Wildman–Crippen MR) is 114 cm³/mol. The summed E-state index contributed by atoms with van der Waals surface area (Å²) in [5, 5.41) is 4.31. The summed E-state index contributed by atoms with van der Waals surface area (Å²) in [4.78, 5) is 10.0. The lowest BCUT2D eigenvalue weighted by Gasteiger charge is -2.11. The number of nitrogens with zero attached hydrogens (tertiary/aromatic N) is 3. The molecule has 0 unspecified atom stereocenters. The van der Waals surface area contributed by atoms with Crippen molar-refractivity contribution < 1.29 is 0 Å². The molecule has 5 heteroatoms. The summed E-state index contributed by atoms with van der Waals surface area (Å²) >= 11 is 0. The quantitative estimate of drug-likeness (QED) is 0.401. The Morgan fingerprint density at radius 1 is 0.926 bits per heavy atom. The summed E-state index contributed by atoms with van der Waals surface area (Å²) in [7, 11) is 4.05. The van der Waals surface area contributed by atoms with Gasteiger partial charge in [0.1, 0.15) is 5.82 Å². The molecule has 0 radical (unpaired) electrons. The zero-order chi connectivity index (χ0) is 18.6. The number of rotatable bonds is 5. The smallest absolute Gasteiger partial charge is 0.138 e. The Morgan fingerprint density at radius 2 is 1.67 bits per heavy atom. The van der Waals surface area contributed by atoms with Gasteiger partial charge in [0.15, 0.2) is 0 Å². The fourth-order valence-electron chi connectivity index (χ4n) is 2.83. The highest BCUT2D eigenvalue weighted by molar-refractivity contribution is 5.81. The number of hydrogen-bond acceptors (Lipinski definition) is 4. The Morgan fingerprint density at radius 3 is 2.37 bits per heavy atom. The Balaban J connectivity index is 1.43. The second-order valence-corrected chi connectivity index (χ2v) is 6.54. The van der Waals surface area contributed by atoms with Crippen LogP contribution < -0.4 is 10.3 Å². The highest BCUT2D eigenvalue weighted by Gasteiger charge is 2.04. The number of fused-ring (bicyclic) bond motifs is 1. The molecule has 0 amide bonds. The number of aromatic amines is 1. The van der Waals surface area contributed by atoms with Crippen LogP contribution in [0.4, 0.5) is 11.4 Å². The number of hydrogen-bond donors (Lipinski definition) is 2. The molecule has 0 spiro atoms. The first-order valence-electron chi connectivity index (χ1n) is 8.81. The van der Waals surface area contributed by atoms with Crippen LogP contribution in [0.2, 0.25) is 0 Å². The van der Waals surface area contributed by atoms with Gasteiger partial charge in [-0.15, -0.1) is 0 Å². The van der Waals surface area contributed by atoms with Gasteiger partial charge < -0.3 is 9.88 Å². The Labute approximate surface area is 158 Å². The monoisotopic (exact) mass is 355 g/mol. The fraction of sp³-hybridized carbons (Fsp3) is 0.0909. The van der Waals surface area contributed by atoms with E-state index in [2.05, 4.69) is 37.5 Å². The standard InChI is InChI=1S/C22H21N5/c1-27(2)19-13-7-16(8-14-19)15-23-26-18-11-9-17(10-12-18)22-24-20-5-3-4-6-21(20)25-22/h3-15,26H,1-2H3,(H,24,25)/b23-15+. The molecule has 0 aliphatic rings. The molecule has 0 saturated carbocycles. The van der Waals surface area contributed by atoms with Crippen molar-refractivity contribution in [3.05, 3.63) is 78.4 Å². The van der Waals surface area contributed by atoms with Crippen molar-refractivity contribution in [1.82, 2.24) is 9.97 Å². The summed E-state index contributed by atoms with van der Waals surface area (Å²) in [6.45, 7) is 0. The molecule has 1 heterocycles. The summed E-state index contributed by atoms with van der Waals surface area (Å²) in [6.07, 6.45) is 1.81. The molecular weight excluding hydrogens is 334 g/mol. The second-order valence-electron chi connectivity index (χ2n) is 6.54. The van der Waals surface area contributed by atoms with Gasteiger partial charge in [0, 0.05) is 25.3 Å². The van der Waals surface area contributed by atoms with Crippen LogP contribution in [-0.4, -0.2) is 30.3 Å². The zero-order valence-electron chi connectivity index (χ0n) is 15.3. The maximum Gasteiger partial charge on any atom is 0.138 e. The van der Waals surface area contributed by atoms with Crippen molar-refractivity contribution in [1.29, 1.82) is 0 Å². The van der Waals surface area contributed by atoms with E-state index < -0.39 is 0 Å². The first-order valence-corrected chi connectivity index (χ1v) is 8.81. The van der Waals surface area contributed by atoms with E-state index in [9.17, 15) is 0 Å². The van der Waals surface area contributed by atoms with E-state index in [1.54, 1.807) is 0 Å². The average Bonchev–Trinajstić information content (AvgIpc) is 3.13. The predicted octanol–water partition coefficient (Wildman–Crippen LogP) is 4.74. The van der Waals surface area contributed by atoms with Gasteiger partial charge in [0.05, 0.1) is 22.9 Å². The number of aromatic nitrogens is 2. The van der Waals surface area contributed by atoms with Gasteiger partial charge in [-0.1, -0.05) is 24.3 Å². The maximum atomic E-state index is 4.62. The number of benzene rings is 3. The number of anilines is 2. The van der Waals surface area contributed by atoms with Crippen molar-refractivity contribution >= 4 is 28.6 Å². The molecule has 0 aliphatic carbocycles. The summed E-state index contributed by atoms with van der Waals surface area (Å²) in [6, 6.07) is 24.3. The first-order chi connectivity index (χ1) is 13.2. The van der Waals surface area contributed by atoms with Gasteiger partial charge in [0.2, 0.25) is 0 Å². The number of imidazole rings is 1. The molecule has 0 saturated heterocycles. The zero-order valence-corrected chi connectivity index (χ0v) is 15.3. The third kappa shape index (κ3) is 3.82. The molecule has 134 valence electrons. The molecule has 0 aliphatic heterocycles. The number of para-hydroxylation sites is 2. The van der Waals surface area contributed by atoms with Crippen LogP contribution in [0.3, 0.4) is 0 Å². The molecule has 1 aromatic heterocycles. The highest BCUT2D eigenvalue weighted by atomic mass is 15.3.